The molecule has 0 fully saturated rings. The summed E-state index contributed by atoms with van der Waals surface area (Å²) in [6, 6.07) is 5.58. The van der Waals surface area contributed by atoms with E-state index in [0.29, 0.717) is 12.1 Å². The van der Waals surface area contributed by atoms with Gasteiger partial charge in [-0.25, -0.2) is 0 Å². The molecule has 1 atom stereocenters. The van der Waals surface area contributed by atoms with Gasteiger partial charge >= 0.3 is 0 Å². The van der Waals surface area contributed by atoms with E-state index in [1.54, 1.807) is 0 Å². The molecule has 0 saturated carbocycles. The third-order valence-electron chi connectivity index (χ3n) is 3.10. The van der Waals surface area contributed by atoms with Crippen molar-refractivity contribution in [2.24, 2.45) is 11.1 Å². The van der Waals surface area contributed by atoms with Crippen molar-refractivity contribution in [3.63, 3.8) is 0 Å². The zero-order valence-electron chi connectivity index (χ0n) is 11.4. The second kappa shape index (κ2) is 5.85. The lowest BCUT2D eigenvalue weighted by Crippen LogP contribution is -2.48. The minimum atomic E-state index is -0.0702. The zero-order chi connectivity index (χ0) is 13.9. The Kier molecular flexibility index (Phi) is 4.93. The van der Waals surface area contributed by atoms with Gasteiger partial charge in [0.1, 0.15) is 0 Å². The van der Waals surface area contributed by atoms with Crippen LogP contribution in [0.1, 0.15) is 36.7 Å². The first kappa shape index (κ1) is 15.2. The van der Waals surface area contributed by atoms with Gasteiger partial charge in [-0.2, -0.15) is 0 Å². The Bertz CT molecular complexity index is 438. The first-order chi connectivity index (χ1) is 8.27. The molecular formula is C14H21BrN2O. The van der Waals surface area contributed by atoms with Crippen LogP contribution in [0.4, 0.5) is 0 Å². The summed E-state index contributed by atoms with van der Waals surface area (Å²) >= 11 is 3.43. The Hall–Kier alpha value is -0.870. The van der Waals surface area contributed by atoms with E-state index < -0.39 is 0 Å². The predicted molar refractivity (Wildman–Crippen MR) is 78.6 cm³/mol. The molecule has 1 amide bonds. The summed E-state index contributed by atoms with van der Waals surface area (Å²) in [5.74, 6) is -0.0702. The van der Waals surface area contributed by atoms with E-state index in [1.807, 2.05) is 25.1 Å². The summed E-state index contributed by atoms with van der Waals surface area (Å²) in [5, 5.41) is 3.01. The van der Waals surface area contributed by atoms with Crippen LogP contribution in [-0.2, 0) is 0 Å². The van der Waals surface area contributed by atoms with Crippen LogP contribution in [-0.4, -0.2) is 18.5 Å². The number of halogens is 1. The average molecular weight is 313 g/mol. The van der Waals surface area contributed by atoms with Gasteiger partial charge in [0.05, 0.1) is 0 Å². The highest BCUT2D eigenvalue weighted by molar-refractivity contribution is 9.10. The van der Waals surface area contributed by atoms with Gasteiger partial charge in [0.25, 0.3) is 5.91 Å². The highest BCUT2D eigenvalue weighted by atomic mass is 79.9. The summed E-state index contributed by atoms with van der Waals surface area (Å²) in [5.41, 5.74) is 7.31. The number of nitrogens with one attached hydrogen (secondary N) is 1. The summed E-state index contributed by atoms with van der Waals surface area (Å²) in [7, 11) is 0. The van der Waals surface area contributed by atoms with Crippen molar-refractivity contribution in [3.8, 4) is 0 Å². The third-order valence-corrected chi connectivity index (χ3v) is 3.96. The van der Waals surface area contributed by atoms with Gasteiger partial charge in [-0.1, -0.05) is 42.8 Å². The van der Waals surface area contributed by atoms with Crippen molar-refractivity contribution in [2.45, 2.75) is 33.7 Å². The monoisotopic (exact) mass is 312 g/mol. The first-order valence-corrected chi connectivity index (χ1v) is 6.82. The van der Waals surface area contributed by atoms with E-state index in [0.717, 1.165) is 10.0 Å². The summed E-state index contributed by atoms with van der Waals surface area (Å²) in [4.78, 5) is 12.2. The second-order valence-corrected chi connectivity index (χ2v) is 6.39. The predicted octanol–water partition coefficient (Wildman–Crippen LogP) is 2.86. The standard InChI is InChI=1S/C14H21BrN2O/c1-9-10(6-5-7-11(9)15)13(18)17-12(8-16)14(2,3)4/h5-7,12H,8,16H2,1-4H3,(H,17,18). The maximum absolute atomic E-state index is 12.2. The molecule has 0 bridgehead atoms. The van der Waals surface area contributed by atoms with Gasteiger partial charge in [-0.05, 0) is 30.0 Å². The van der Waals surface area contributed by atoms with Crippen molar-refractivity contribution in [1.29, 1.82) is 0 Å². The molecule has 0 radical (unpaired) electrons. The maximum atomic E-state index is 12.2. The van der Waals surface area contributed by atoms with Gasteiger partial charge in [-0.15, -0.1) is 0 Å². The van der Waals surface area contributed by atoms with E-state index in [4.69, 9.17) is 5.73 Å². The zero-order valence-corrected chi connectivity index (χ0v) is 13.0. The number of nitrogens with two attached hydrogens (primary N) is 1. The Morgan fingerprint density at radius 3 is 2.56 bits per heavy atom. The van der Waals surface area contributed by atoms with Crippen LogP contribution < -0.4 is 11.1 Å². The Morgan fingerprint density at radius 1 is 1.44 bits per heavy atom. The lowest BCUT2D eigenvalue weighted by Gasteiger charge is -2.30. The molecular weight excluding hydrogens is 292 g/mol. The summed E-state index contributed by atoms with van der Waals surface area (Å²) < 4.78 is 0.940. The topological polar surface area (TPSA) is 55.1 Å². The number of carbonyl (C=O) groups excluding carboxylic acids is 1. The highest BCUT2D eigenvalue weighted by Crippen LogP contribution is 2.22. The van der Waals surface area contributed by atoms with E-state index >= 15 is 0 Å². The molecule has 0 spiro atoms. The molecule has 3 nitrogen and oxygen atoms in total. The van der Waals surface area contributed by atoms with Gasteiger partial charge in [0.15, 0.2) is 0 Å². The number of amides is 1. The molecule has 0 heterocycles. The van der Waals surface area contributed by atoms with Gasteiger partial charge in [0.2, 0.25) is 0 Å². The number of hydrogen-bond donors (Lipinski definition) is 2. The second-order valence-electron chi connectivity index (χ2n) is 5.54. The van der Waals surface area contributed by atoms with E-state index in [-0.39, 0.29) is 17.4 Å². The lowest BCUT2D eigenvalue weighted by molar-refractivity contribution is 0.0905. The van der Waals surface area contributed by atoms with Crippen molar-refractivity contribution in [2.75, 3.05) is 6.54 Å². The average Bonchev–Trinajstić information content (AvgIpc) is 2.27. The number of carbonyl (C=O) groups is 1. The minimum absolute atomic E-state index is 0.0385. The maximum Gasteiger partial charge on any atom is 0.251 e. The summed E-state index contributed by atoms with van der Waals surface area (Å²) in [6.07, 6.45) is 0. The quantitative estimate of drug-likeness (QED) is 0.901. The molecule has 0 aliphatic rings. The molecule has 0 saturated heterocycles. The van der Waals surface area contributed by atoms with E-state index in [2.05, 4.69) is 42.0 Å². The lowest BCUT2D eigenvalue weighted by atomic mass is 9.86. The Morgan fingerprint density at radius 2 is 2.06 bits per heavy atom. The molecule has 100 valence electrons. The van der Waals surface area contributed by atoms with Crippen molar-refractivity contribution in [1.82, 2.24) is 5.32 Å². The number of hydrogen-bond acceptors (Lipinski definition) is 2. The third kappa shape index (κ3) is 3.56. The van der Waals surface area contributed by atoms with E-state index in [9.17, 15) is 4.79 Å². The van der Waals surface area contributed by atoms with Crippen LogP contribution in [0.15, 0.2) is 22.7 Å². The minimum Gasteiger partial charge on any atom is -0.347 e. The fraction of sp³-hybridized carbons (Fsp3) is 0.500. The van der Waals surface area contributed by atoms with Crippen LogP contribution in [0, 0.1) is 12.3 Å². The molecule has 1 rings (SSSR count). The van der Waals surface area contributed by atoms with Crippen molar-refractivity contribution in [3.05, 3.63) is 33.8 Å². The summed E-state index contributed by atoms with van der Waals surface area (Å²) in [6.45, 7) is 8.56. The van der Waals surface area contributed by atoms with Crippen LogP contribution >= 0.6 is 15.9 Å². The molecule has 1 unspecified atom stereocenters. The fourth-order valence-electron chi connectivity index (χ4n) is 1.72. The normalized spacial score (nSPS) is 13.2. The van der Waals surface area contributed by atoms with Crippen LogP contribution in [0.5, 0.6) is 0 Å². The largest absolute Gasteiger partial charge is 0.347 e. The van der Waals surface area contributed by atoms with Gasteiger partial charge in [-0.3, -0.25) is 4.79 Å². The highest BCUT2D eigenvalue weighted by Gasteiger charge is 2.25. The first-order valence-electron chi connectivity index (χ1n) is 6.03. The van der Waals surface area contributed by atoms with E-state index in [1.165, 1.54) is 0 Å². The Balaban J connectivity index is 2.92. The molecule has 0 aromatic heterocycles. The van der Waals surface area contributed by atoms with Crippen LogP contribution in [0.3, 0.4) is 0 Å². The number of benzene rings is 1. The fourth-order valence-corrected chi connectivity index (χ4v) is 2.08. The molecule has 0 aliphatic heterocycles. The molecule has 18 heavy (non-hydrogen) atoms. The van der Waals surface area contributed by atoms with Gasteiger partial charge < -0.3 is 11.1 Å². The molecule has 0 aliphatic carbocycles. The Labute approximate surface area is 117 Å². The number of rotatable bonds is 3. The van der Waals surface area contributed by atoms with Crippen molar-refractivity contribution < 1.29 is 4.79 Å². The van der Waals surface area contributed by atoms with Crippen LogP contribution in [0.2, 0.25) is 0 Å². The molecule has 3 N–H and O–H groups in total. The van der Waals surface area contributed by atoms with Crippen molar-refractivity contribution >= 4 is 21.8 Å². The smallest absolute Gasteiger partial charge is 0.251 e. The molecule has 1 aromatic carbocycles. The SMILES string of the molecule is Cc1c(Br)cccc1C(=O)NC(CN)C(C)(C)C. The van der Waals surface area contributed by atoms with Gasteiger partial charge in [0, 0.05) is 22.6 Å². The van der Waals surface area contributed by atoms with Crippen LogP contribution in [0.25, 0.3) is 0 Å². The molecule has 4 heteroatoms. The molecule has 1 aromatic rings.